The molecule has 16 heavy (non-hydrogen) atoms. The van der Waals surface area contributed by atoms with Gasteiger partial charge in [-0.2, -0.15) is 0 Å². The summed E-state index contributed by atoms with van der Waals surface area (Å²) in [4.78, 5) is 11.6. The van der Waals surface area contributed by atoms with Crippen LogP contribution in [0.1, 0.15) is 33.1 Å². The molecule has 1 heterocycles. The van der Waals surface area contributed by atoms with Gasteiger partial charge in [-0.15, -0.1) is 0 Å². The van der Waals surface area contributed by atoms with E-state index < -0.39 is 11.7 Å². The first kappa shape index (κ1) is 13.4. The normalized spacial score (nSPS) is 28.8. The second-order valence-electron chi connectivity index (χ2n) is 4.82. The summed E-state index contributed by atoms with van der Waals surface area (Å²) in [6.07, 6.45) is 1.55. The number of aliphatic hydroxyl groups is 2. The Hall–Kier alpha value is -0.650. The summed E-state index contributed by atoms with van der Waals surface area (Å²) in [6, 6.07) is -0.326. The molecule has 5 heteroatoms. The molecule has 0 saturated carbocycles. The molecule has 0 aromatic heterocycles. The van der Waals surface area contributed by atoms with Crippen molar-refractivity contribution in [1.82, 2.24) is 10.6 Å². The van der Waals surface area contributed by atoms with E-state index in [1.54, 1.807) is 6.92 Å². The van der Waals surface area contributed by atoms with Crippen LogP contribution in [0.3, 0.4) is 0 Å². The molecule has 1 rings (SSSR count). The van der Waals surface area contributed by atoms with E-state index in [2.05, 4.69) is 10.6 Å². The second-order valence-corrected chi connectivity index (χ2v) is 4.82. The molecule has 1 aliphatic rings. The number of nitrogens with one attached hydrogen (secondary N) is 2. The number of amides is 1. The highest BCUT2D eigenvalue weighted by atomic mass is 16.3. The molecule has 94 valence electrons. The van der Waals surface area contributed by atoms with Crippen LogP contribution in [0.25, 0.3) is 0 Å². The molecule has 4 N–H and O–H groups in total. The maximum absolute atomic E-state index is 11.6. The minimum atomic E-state index is -0.846. The van der Waals surface area contributed by atoms with Gasteiger partial charge in [0.2, 0.25) is 5.91 Å². The number of rotatable bonds is 5. The third-order valence-corrected chi connectivity index (χ3v) is 2.86. The summed E-state index contributed by atoms with van der Waals surface area (Å²) in [7, 11) is 0. The monoisotopic (exact) mass is 230 g/mol. The standard InChI is InChI=1S/C11H22N2O3/c1-3-4-11(2,16)7-13-10(15)9-5-8(14)6-12-9/h8-9,12,14,16H,3-7H2,1-2H3,(H,13,15). The summed E-state index contributed by atoms with van der Waals surface area (Å²) in [6.45, 7) is 4.43. The molecule has 3 unspecified atom stereocenters. The average molecular weight is 230 g/mol. The lowest BCUT2D eigenvalue weighted by Gasteiger charge is -2.23. The van der Waals surface area contributed by atoms with Gasteiger partial charge >= 0.3 is 0 Å². The Morgan fingerprint density at radius 2 is 2.31 bits per heavy atom. The van der Waals surface area contributed by atoms with Gasteiger partial charge in [0.05, 0.1) is 17.7 Å². The van der Waals surface area contributed by atoms with Gasteiger partial charge in [-0.1, -0.05) is 13.3 Å². The van der Waals surface area contributed by atoms with Crippen LogP contribution in [0.15, 0.2) is 0 Å². The Balaban J connectivity index is 2.29. The second kappa shape index (κ2) is 5.61. The van der Waals surface area contributed by atoms with Gasteiger partial charge in [0.15, 0.2) is 0 Å². The van der Waals surface area contributed by atoms with E-state index in [1.807, 2.05) is 6.92 Å². The van der Waals surface area contributed by atoms with Crippen LogP contribution in [0.4, 0.5) is 0 Å². The first-order chi connectivity index (χ1) is 7.44. The molecule has 0 radical (unpaired) electrons. The molecule has 1 amide bonds. The molecule has 1 aliphatic heterocycles. The Morgan fingerprint density at radius 3 is 2.81 bits per heavy atom. The topological polar surface area (TPSA) is 81.6 Å². The van der Waals surface area contributed by atoms with Gasteiger partial charge in [0.25, 0.3) is 0 Å². The lowest BCUT2D eigenvalue weighted by Crippen LogP contribution is -2.46. The summed E-state index contributed by atoms with van der Waals surface area (Å²) in [5.74, 6) is -0.145. The largest absolute Gasteiger partial charge is 0.392 e. The van der Waals surface area contributed by atoms with Crippen molar-refractivity contribution in [2.24, 2.45) is 0 Å². The predicted molar refractivity (Wildman–Crippen MR) is 61.0 cm³/mol. The number of carbonyl (C=O) groups is 1. The van der Waals surface area contributed by atoms with Gasteiger partial charge in [-0.05, 0) is 19.8 Å². The first-order valence-electron chi connectivity index (χ1n) is 5.86. The van der Waals surface area contributed by atoms with Crippen molar-refractivity contribution in [2.75, 3.05) is 13.1 Å². The van der Waals surface area contributed by atoms with Crippen molar-refractivity contribution < 1.29 is 15.0 Å². The lowest BCUT2D eigenvalue weighted by molar-refractivity contribution is -0.124. The van der Waals surface area contributed by atoms with Gasteiger partial charge in [-0.25, -0.2) is 0 Å². The van der Waals surface area contributed by atoms with Crippen LogP contribution >= 0.6 is 0 Å². The van der Waals surface area contributed by atoms with Crippen LogP contribution in [-0.2, 0) is 4.79 Å². The van der Waals surface area contributed by atoms with Crippen molar-refractivity contribution in [1.29, 1.82) is 0 Å². The fraction of sp³-hybridized carbons (Fsp3) is 0.909. The van der Waals surface area contributed by atoms with Crippen molar-refractivity contribution in [3.63, 3.8) is 0 Å². The fourth-order valence-electron chi connectivity index (χ4n) is 1.94. The average Bonchev–Trinajstić information content (AvgIpc) is 2.61. The minimum absolute atomic E-state index is 0.145. The highest BCUT2D eigenvalue weighted by molar-refractivity contribution is 5.82. The van der Waals surface area contributed by atoms with E-state index in [0.717, 1.165) is 6.42 Å². The molecule has 3 atom stereocenters. The zero-order valence-electron chi connectivity index (χ0n) is 9.99. The Kier molecular flexibility index (Phi) is 4.70. The van der Waals surface area contributed by atoms with E-state index in [1.165, 1.54) is 0 Å². The van der Waals surface area contributed by atoms with Gasteiger partial charge in [-0.3, -0.25) is 4.79 Å². The van der Waals surface area contributed by atoms with Gasteiger partial charge < -0.3 is 20.8 Å². The number of carbonyl (C=O) groups excluding carboxylic acids is 1. The van der Waals surface area contributed by atoms with Gasteiger partial charge in [0, 0.05) is 13.1 Å². The Morgan fingerprint density at radius 1 is 1.62 bits per heavy atom. The molecule has 5 nitrogen and oxygen atoms in total. The molecule has 0 spiro atoms. The molecule has 0 bridgehead atoms. The van der Waals surface area contributed by atoms with Crippen LogP contribution in [0.5, 0.6) is 0 Å². The molecule has 0 aliphatic carbocycles. The van der Waals surface area contributed by atoms with Crippen molar-refractivity contribution in [2.45, 2.75) is 50.9 Å². The fourth-order valence-corrected chi connectivity index (χ4v) is 1.94. The summed E-state index contributed by atoms with van der Waals surface area (Å²) in [5, 5.41) is 24.8. The van der Waals surface area contributed by atoms with Crippen LogP contribution in [-0.4, -0.2) is 47.0 Å². The molecular formula is C11H22N2O3. The third kappa shape index (κ3) is 4.08. The van der Waals surface area contributed by atoms with Crippen LogP contribution in [0.2, 0.25) is 0 Å². The van der Waals surface area contributed by atoms with E-state index in [9.17, 15) is 15.0 Å². The lowest BCUT2D eigenvalue weighted by atomic mass is 10.0. The number of hydrogen-bond donors (Lipinski definition) is 4. The van der Waals surface area contributed by atoms with E-state index in [-0.39, 0.29) is 18.5 Å². The minimum Gasteiger partial charge on any atom is -0.392 e. The maximum Gasteiger partial charge on any atom is 0.237 e. The Bertz CT molecular complexity index is 243. The van der Waals surface area contributed by atoms with E-state index >= 15 is 0 Å². The summed E-state index contributed by atoms with van der Waals surface area (Å²) in [5.41, 5.74) is -0.846. The number of aliphatic hydroxyl groups excluding tert-OH is 1. The SMILES string of the molecule is CCCC(C)(O)CNC(=O)C1CC(O)CN1. The first-order valence-corrected chi connectivity index (χ1v) is 5.86. The van der Waals surface area contributed by atoms with Crippen LogP contribution in [0, 0.1) is 0 Å². The predicted octanol–water partition coefficient (Wildman–Crippen LogP) is -0.623. The van der Waals surface area contributed by atoms with E-state index in [4.69, 9.17) is 0 Å². The van der Waals surface area contributed by atoms with Crippen molar-refractivity contribution in [3.8, 4) is 0 Å². The van der Waals surface area contributed by atoms with Crippen molar-refractivity contribution >= 4 is 5.91 Å². The van der Waals surface area contributed by atoms with Crippen molar-refractivity contribution in [3.05, 3.63) is 0 Å². The molecule has 0 aromatic carbocycles. The number of β-amino-alcohol motifs (C(OH)–C–C–N with tert-alkyl or cyclic N) is 1. The van der Waals surface area contributed by atoms with Crippen LogP contribution < -0.4 is 10.6 Å². The third-order valence-electron chi connectivity index (χ3n) is 2.86. The van der Waals surface area contributed by atoms with Gasteiger partial charge in [0.1, 0.15) is 0 Å². The quantitative estimate of drug-likeness (QED) is 0.507. The smallest absolute Gasteiger partial charge is 0.237 e. The number of hydrogen-bond acceptors (Lipinski definition) is 4. The summed E-state index contributed by atoms with van der Waals surface area (Å²) >= 11 is 0. The molecule has 1 saturated heterocycles. The molecule has 0 aromatic rings. The maximum atomic E-state index is 11.6. The zero-order valence-corrected chi connectivity index (χ0v) is 9.99. The zero-order chi connectivity index (χ0) is 12.2. The highest BCUT2D eigenvalue weighted by Gasteiger charge is 2.29. The Labute approximate surface area is 96.2 Å². The summed E-state index contributed by atoms with van der Waals surface area (Å²) < 4.78 is 0. The van der Waals surface area contributed by atoms with E-state index in [0.29, 0.717) is 19.4 Å². The molecule has 1 fully saturated rings. The molecular weight excluding hydrogens is 208 g/mol. The highest BCUT2D eigenvalue weighted by Crippen LogP contribution is 2.11.